The number of unbranched alkanes of at least 4 members (excludes halogenated alkanes) is 17. The lowest BCUT2D eigenvalue weighted by Gasteiger charge is -2.18. The minimum Gasteiger partial charge on any atom is -0.462 e. The van der Waals surface area contributed by atoms with Crippen LogP contribution in [-0.4, -0.2) is 37.2 Å². The summed E-state index contributed by atoms with van der Waals surface area (Å²) in [5.74, 6) is -1.09. The highest BCUT2D eigenvalue weighted by Crippen LogP contribution is 2.12. The molecule has 0 saturated carbocycles. The molecule has 0 aromatic heterocycles. The Kier molecular flexibility index (Phi) is 40.1. The zero-order valence-electron chi connectivity index (χ0n) is 35.0. The van der Waals surface area contributed by atoms with Crippen LogP contribution in [0.5, 0.6) is 0 Å². The molecule has 0 aliphatic rings. The van der Waals surface area contributed by atoms with E-state index in [0.717, 1.165) is 83.5 Å². The zero-order valence-corrected chi connectivity index (χ0v) is 35.0. The van der Waals surface area contributed by atoms with Crippen molar-refractivity contribution in [3.8, 4) is 0 Å². The molecule has 54 heavy (non-hydrogen) atoms. The highest BCUT2D eigenvalue weighted by Gasteiger charge is 2.19. The van der Waals surface area contributed by atoms with Gasteiger partial charge >= 0.3 is 17.9 Å². The van der Waals surface area contributed by atoms with Gasteiger partial charge in [0.25, 0.3) is 0 Å². The van der Waals surface area contributed by atoms with E-state index in [-0.39, 0.29) is 31.6 Å². The summed E-state index contributed by atoms with van der Waals surface area (Å²) in [6, 6.07) is 0. The summed E-state index contributed by atoms with van der Waals surface area (Å²) in [6.07, 6.45) is 52.1. The summed E-state index contributed by atoms with van der Waals surface area (Å²) in [6.45, 7) is 6.32. The van der Waals surface area contributed by atoms with E-state index in [1.54, 1.807) is 6.08 Å². The monoisotopic (exact) mass is 753 g/mol. The van der Waals surface area contributed by atoms with Gasteiger partial charge in [0.05, 0.1) is 6.42 Å². The molecule has 0 aromatic carbocycles. The lowest BCUT2D eigenvalue weighted by molar-refractivity contribution is -0.166. The quantitative estimate of drug-likeness (QED) is 0.0205. The molecule has 0 rings (SSSR count). The maximum atomic E-state index is 12.7. The van der Waals surface area contributed by atoms with E-state index in [0.29, 0.717) is 12.8 Å². The Balaban J connectivity index is 4.47. The number of esters is 3. The van der Waals surface area contributed by atoms with Crippen molar-refractivity contribution in [2.75, 3.05) is 13.2 Å². The van der Waals surface area contributed by atoms with Gasteiger partial charge in [-0.3, -0.25) is 14.4 Å². The molecule has 6 heteroatoms. The number of hydrogen-bond donors (Lipinski definition) is 0. The fraction of sp³-hybridized carbons (Fsp3) is 0.688. The third-order valence-corrected chi connectivity index (χ3v) is 8.98. The first kappa shape index (κ1) is 50.9. The molecule has 0 spiro atoms. The van der Waals surface area contributed by atoms with Gasteiger partial charge in [-0.25, -0.2) is 0 Å². The third-order valence-electron chi connectivity index (χ3n) is 8.98. The van der Waals surface area contributed by atoms with Crippen LogP contribution in [0.15, 0.2) is 72.9 Å². The van der Waals surface area contributed by atoms with Crippen molar-refractivity contribution in [1.82, 2.24) is 0 Å². The second kappa shape index (κ2) is 42.6. The first-order valence-electron chi connectivity index (χ1n) is 22.0. The Hall–Kier alpha value is -3.15. The fourth-order valence-electron chi connectivity index (χ4n) is 5.65. The molecule has 0 bridgehead atoms. The van der Waals surface area contributed by atoms with Crippen molar-refractivity contribution in [1.29, 1.82) is 0 Å². The molecule has 0 amide bonds. The Bertz CT molecular complexity index is 1050. The first-order chi connectivity index (χ1) is 26.5. The number of carbonyl (C=O) groups is 3. The van der Waals surface area contributed by atoms with E-state index in [2.05, 4.69) is 81.5 Å². The van der Waals surface area contributed by atoms with Gasteiger partial charge in [-0.1, -0.05) is 171 Å². The maximum Gasteiger partial charge on any atom is 0.309 e. The number of allylic oxidation sites excluding steroid dienone is 11. The number of hydrogen-bond acceptors (Lipinski definition) is 6. The Morgan fingerprint density at radius 2 is 0.870 bits per heavy atom. The molecule has 0 fully saturated rings. The molecular formula is C48H80O6. The van der Waals surface area contributed by atoms with Gasteiger partial charge in [0.1, 0.15) is 13.2 Å². The van der Waals surface area contributed by atoms with Crippen molar-refractivity contribution >= 4 is 17.9 Å². The van der Waals surface area contributed by atoms with Crippen LogP contribution in [-0.2, 0) is 28.6 Å². The summed E-state index contributed by atoms with van der Waals surface area (Å²) in [7, 11) is 0. The molecule has 6 nitrogen and oxygen atoms in total. The molecule has 0 aliphatic heterocycles. The van der Waals surface area contributed by atoms with Crippen molar-refractivity contribution in [3.63, 3.8) is 0 Å². The molecule has 0 N–H and O–H groups in total. The molecule has 308 valence electrons. The van der Waals surface area contributed by atoms with Gasteiger partial charge < -0.3 is 14.2 Å². The van der Waals surface area contributed by atoms with E-state index in [1.807, 2.05) is 6.08 Å². The van der Waals surface area contributed by atoms with Crippen LogP contribution in [0.25, 0.3) is 0 Å². The largest absolute Gasteiger partial charge is 0.462 e. The minimum absolute atomic E-state index is 0.120. The summed E-state index contributed by atoms with van der Waals surface area (Å²) in [4.78, 5) is 37.5. The second-order valence-electron chi connectivity index (χ2n) is 14.3. The van der Waals surface area contributed by atoms with Crippen molar-refractivity contribution in [3.05, 3.63) is 72.9 Å². The number of ether oxygens (including phenoxy) is 3. The Morgan fingerprint density at radius 1 is 0.426 bits per heavy atom. The predicted molar refractivity (Wildman–Crippen MR) is 228 cm³/mol. The normalized spacial score (nSPS) is 12.7. The van der Waals surface area contributed by atoms with Gasteiger partial charge in [-0.15, -0.1) is 0 Å². The standard InChI is InChI=1S/C48H80O6/c1-4-7-10-13-16-19-21-22-23-24-25-27-29-32-35-38-41-47(50)53-44-45(43-52-46(49)40-37-34-31-28-18-15-12-9-6-3)54-48(51)42-39-36-33-30-26-20-17-14-11-8-5-2/h9,12,14,17-18,23-25,27-28,34,37,45H,4-8,10-11,13,15-16,19-22,26,29-33,35-36,38-44H2,1-3H3/b12-9-,17-14-,24-23-,27-25-,28-18-,37-34-. The van der Waals surface area contributed by atoms with E-state index >= 15 is 0 Å². The maximum absolute atomic E-state index is 12.7. The molecule has 0 aromatic rings. The number of carbonyl (C=O) groups excluding carboxylic acids is 3. The summed E-state index contributed by atoms with van der Waals surface area (Å²) in [5.41, 5.74) is 0. The van der Waals surface area contributed by atoms with E-state index in [9.17, 15) is 14.4 Å². The highest BCUT2D eigenvalue weighted by atomic mass is 16.6. The van der Waals surface area contributed by atoms with Crippen LogP contribution in [0.4, 0.5) is 0 Å². The van der Waals surface area contributed by atoms with Crippen LogP contribution in [0.2, 0.25) is 0 Å². The lowest BCUT2D eigenvalue weighted by atomic mass is 10.1. The fourth-order valence-corrected chi connectivity index (χ4v) is 5.65. The molecule has 1 atom stereocenters. The number of rotatable bonds is 38. The predicted octanol–water partition coefficient (Wildman–Crippen LogP) is 13.9. The Morgan fingerprint density at radius 3 is 1.46 bits per heavy atom. The molecule has 0 saturated heterocycles. The lowest BCUT2D eigenvalue weighted by Crippen LogP contribution is -2.30. The zero-order chi connectivity index (χ0) is 39.4. The van der Waals surface area contributed by atoms with Gasteiger partial charge in [0, 0.05) is 12.8 Å². The summed E-state index contributed by atoms with van der Waals surface area (Å²) >= 11 is 0. The average Bonchev–Trinajstić information content (AvgIpc) is 3.17. The highest BCUT2D eigenvalue weighted by molar-refractivity contribution is 5.72. The molecule has 0 heterocycles. The summed E-state index contributed by atoms with van der Waals surface area (Å²) < 4.78 is 16.5. The average molecular weight is 753 g/mol. The van der Waals surface area contributed by atoms with Crippen molar-refractivity contribution in [2.45, 2.75) is 200 Å². The topological polar surface area (TPSA) is 78.9 Å². The van der Waals surface area contributed by atoms with E-state index in [1.165, 1.54) is 70.6 Å². The molecule has 1 unspecified atom stereocenters. The van der Waals surface area contributed by atoms with Crippen LogP contribution < -0.4 is 0 Å². The first-order valence-corrected chi connectivity index (χ1v) is 22.0. The van der Waals surface area contributed by atoms with Crippen LogP contribution in [0.3, 0.4) is 0 Å². The molecule has 0 aliphatic carbocycles. The SMILES string of the molecule is CC/C=C\C/C=C\C/C=C\CC(=O)OCC(COC(=O)CCCCC/C=C\C=C/CCCCCCCCC)OC(=O)CCCCCCC/C=C\CCCC. The second-order valence-corrected chi connectivity index (χ2v) is 14.3. The Labute approximate surface area is 332 Å². The van der Waals surface area contributed by atoms with Gasteiger partial charge in [-0.2, -0.15) is 0 Å². The van der Waals surface area contributed by atoms with Gasteiger partial charge in [-0.05, 0) is 77.0 Å². The third kappa shape index (κ3) is 40.0. The van der Waals surface area contributed by atoms with Crippen LogP contribution in [0, 0.1) is 0 Å². The molecule has 0 radical (unpaired) electrons. The van der Waals surface area contributed by atoms with Crippen molar-refractivity contribution < 1.29 is 28.6 Å². The van der Waals surface area contributed by atoms with Gasteiger partial charge in [0.15, 0.2) is 6.10 Å². The van der Waals surface area contributed by atoms with Gasteiger partial charge in [0.2, 0.25) is 0 Å². The van der Waals surface area contributed by atoms with Crippen LogP contribution in [0.1, 0.15) is 194 Å². The minimum atomic E-state index is -0.822. The van der Waals surface area contributed by atoms with E-state index < -0.39 is 12.1 Å². The smallest absolute Gasteiger partial charge is 0.309 e. The molecular weight excluding hydrogens is 673 g/mol. The van der Waals surface area contributed by atoms with Crippen molar-refractivity contribution in [2.24, 2.45) is 0 Å². The van der Waals surface area contributed by atoms with E-state index in [4.69, 9.17) is 14.2 Å². The summed E-state index contributed by atoms with van der Waals surface area (Å²) in [5, 5.41) is 0. The van der Waals surface area contributed by atoms with Crippen LogP contribution >= 0.6 is 0 Å².